The third kappa shape index (κ3) is 3.69. The van der Waals surface area contributed by atoms with Gasteiger partial charge in [-0.15, -0.1) is 0 Å². The Hall–Kier alpha value is -0.530. The quantitative estimate of drug-likeness (QED) is 0.652. The minimum Gasteiger partial charge on any atom is -0.465 e. The molecule has 14 heavy (non-hydrogen) atoms. The van der Waals surface area contributed by atoms with E-state index in [1.165, 1.54) is 12.8 Å². The highest BCUT2D eigenvalue weighted by Gasteiger charge is 2.25. The van der Waals surface area contributed by atoms with Crippen molar-refractivity contribution in [2.24, 2.45) is 17.8 Å². The van der Waals surface area contributed by atoms with Crippen LogP contribution in [-0.2, 0) is 9.53 Å². The van der Waals surface area contributed by atoms with E-state index < -0.39 is 0 Å². The maximum absolute atomic E-state index is 11.6. The maximum atomic E-state index is 11.6. The van der Waals surface area contributed by atoms with Crippen molar-refractivity contribution in [3.8, 4) is 0 Å². The highest BCUT2D eigenvalue weighted by Crippen LogP contribution is 2.29. The average molecular weight is 198 g/mol. The fourth-order valence-corrected chi connectivity index (χ4v) is 1.86. The first-order valence-electron chi connectivity index (χ1n) is 5.76. The van der Waals surface area contributed by atoms with Crippen LogP contribution in [0.3, 0.4) is 0 Å². The normalized spacial score (nSPS) is 27.7. The molecule has 0 atom stereocenters. The van der Waals surface area contributed by atoms with Crippen LogP contribution in [0.5, 0.6) is 0 Å². The average Bonchev–Trinajstić information content (AvgIpc) is 2.15. The van der Waals surface area contributed by atoms with Crippen molar-refractivity contribution in [3.05, 3.63) is 0 Å². The summed E-state index contributed by atoms with van der Waals surface area (Å²) in [4.78, 5) is 11.6. The third-order valence-electron chi connectivity index (χ3n) is 2.91. The van der Waals surface area contributed by atoms with Gasteiger partial charge in [-0.1, -0.05) is 20.8 Å². The monoisotopic (exact) mass is 198 g/mol. The molecule has 1 aliphatic carbocycles. The number of rotatable bonds is 3. The fourth-order valence-electron chi connectivity index (χ4n) is 1.86. The molecule has 0 aromatic rings. The van der Waals surface area contributed by atoms with Gasteiger partial charge in [0.1, 0.15) is 0 Å². The zero-order valence-corrected chi connectivity index (χ0v) is 9.58. The smallest absolute Gasteiger partial charge is 0.308 e. The molecule has 2 heteroatoms. The van der Waals surface area contributed by atoms with Crippen molar-refractivity contribution in [1.29, 1.82) is 0 Å². The van der Waals surface area contributed by atoms with Crippen molar-refractivity contribution in [2.45, 2.75) is 46.5 Å². The Kier molecular flexibility index (Phi) is 4.43. The summed E-state index contributed by atoms with van der Waals surface area (Å²) in [5.41, 5.74) is 0. The minimum absolute atomic E-state index is 0.0330. The van der Waals surface area contributed by atoms with Gasteiger partial charge in [0.2, 0.25) is 0 Å². The summed E-state index contributed by atoms with van der Waals surface area (Å²) in [5.74, 6) is 1.46. The molecule has 0 aromatic carbocycles. The van der Waals surface area contributed by atoms with Gasteiger partial charge in [-0.2, -0.15) is 0 Å². The number of esters is 1. The molecule has 0 saturated heterocycles. The number of hydrogen-bond acceptors (Lipinski definition) is 2. The molecule has 0 spiro atoms. The predicted molar refractivity (Wildman–Crippen MR) is 56.9 cm³/mol. The standard InChI is InChI=1S/C12H22O2/c1-9(2)8-14-12(13)11-6-4-10(3)5-7-11/h9-11H,4-8H2,1-3H3. The van der Waals surface area contributed by atoms with E-state index in [0.717, 1.165) is 18.8 Å². The fraction of sp³-hybridized carbons (Fsp3) is 0.917. The van der Waals surface area contributed by atoms with Gasteiger partial charge in [0.15, 0.2) is 0 Å². The van der Waals surface area contributed by atoms with Gasteiger partial charge >= 0.3 is 5.97 Å². The molecular weight excluding hydrogens is 176 g/mol. The lowest BCUT2D eigenvalue weighted by Gasteiger charge is -2.24. The summed E-state index contributed by atoms with van der Waals surface area (Å²) in [6, 6.07) is 0. The van der Waals surface area contributed by atoms with Gasteiger partial charge in [0, 0.05) is 0 Å². The maximum Gasteiger partial charge on any atom is 0.308 e. The minimum atomic E-state index is 0.0330. The zero-order chi connectivity index (χ0) is 10.6. The molecule has 0 amide bonds. The first kappa shape index (κ1) is 11.5. The van der Waals surface area contributed by atoms with E-state index in [1.807, 2.05) is 0 Å². The number of carbonyl (C=O) groups excluding carboxylic acids is 1. The van der Waals surface area contributed by atoms with Crippen molar-refractivity contribution < 1.29 is 9.53 Å². The summed E-state index contributed by atoms with van der Waals surface area (Å²) in [7, 11) is 0. The molecule has 0 heterocycles. The van der Waals surface area contributed by atoms with Crippen molar-refractivity contribution >= 4 is 5.97 Å². The summed E-state index contributed by atoms with van der Waals surface area (Å²) < 4.78 is 5.24. The van der Waals surface area contributed by atoms with Crippen molar-refractivity contribution in [3.63, 3.8) is 0 Å². The molecule has 0 unspecified atom stereocenters. The molecule has 2 nitrogen and oxygen atoms in total. The van der Waals surface area contributed by atoms with Crippen LogP contribution in [0.1, 0.15) is 46.5 Å². The Morgan fingerprint density at radius 1 is 1.29 bits per heavy atom. The van der Waals surface area contributed by atoms with Crippen LogP contribution >= 0.6 is 0 Å². The number of carbonyl (C=O) groups is 1. The largest absolute Gasteiger partial charge is 0.465 e. The van der Waals surface area contributed by atoms with Crippen LogP contribution in [-0.4, -0.2) is 12.6 Å². The molecule has 1 fully saturated rings. The summed E-state index contributed by atoms with van der Waals surface area (Å²) >= 11 is 0. The molecule has 0 bridgehead atoms. The van der Waals surface area contributed by atoms with E-state index in [2.05, 4.69) is 20.8 Å². The molecule has 0 aromatic heterocycles. The molecule has 1 rings (SSSR count). The first-order valence-corrected chi connectivity index (χ1v) is 5.76. The van der Waals surface area contributed by atoms with Gasteiger partial charge in [0.25, 0.3) is 0 Å². The Morgan fingerprint density at radius 3 is 2.36 bits per heavy atom. The molecule has 0 aliphatic heterocycles. The Balaban J connectivity index is 2.24. The van der Waals surface area contributed by atoms with E-state index in [1.54, 1.807) is 0 Å². The van der Waals surface area contributed by atoms with Gasteiger partial charge in [-0.25, -0.2) is 0 Å². The topological polar surface area (TPSA) is 26.3 Å². The summed E-state index contributed by atoms with van der Waals surface area (Å²) in [5, 5.41) is 0. The SMILES string of the molecule is CC(C)COC(=O)C1CCC(C)CC1. The third-order valence-corrected chi connectivity index (χ3v) is 2.91. The van der Waals surface area contributed by atoms with Gasteiger partial charge in [-0.05, 0) is 37.5 Å². The van der Waals surface area contributed by atoms with Gasteiger partial charge in [0.05, 0.1) is 12.5 Å². The van der Waals surface area contributed by atoms with E-state index in [-0.39, 0.29) is 11.9 Å². The highest BCUT2D eigenvalue weighted by molar-refractivity contribution is 5.72. The second-order valence-corrected chi connectivity index (χ2v) is 4.98. The van der Waals surface area contributed by atoms with Crippen LogP contribution < -0.4 is 0 Å². The lowest BCUT2D eigenvalue weighted by molar-refractivity contribution is -0.151. The first-order chi connectivity index (χ1) is 6.59. The van der Waals surface area contributed by atoms with Gasteiger partial charge < -0.3 is 4.74 Å². The van der Waals surface area contributed by atoms with Crippen LogP contribution in [0.4, 0.5) is 0 Å². The van der Waals surface area contributed by atoms with Gasteiger partial charge in [-0.3, -0.25) is 4.79 Å². The number of ether oxygens (including phenoxy) is 1. The summed E-state index contributed by atoms with van der Waals surface area (Å²) in [6.45, 7) is 6.97. The lowest BCUT2D eigenvalue weighted by atomic mass is 9.83. The molecule has 1 saturated carbocycles. The molecular formula is C12H22O2. The lowest BCUT2D eigenvalue weighted by Crippen LogP contribution is -2.24. The van der Waals surface area contributed by atoms with E-state index in [9.17, 15) is 4.79 Å². The van der Waals surface area contributed by atoms with Crippen LogP contribution in [0.15, 0.2) is 0 Å². The van der Waals surface area contributed by atoms with Crippen LogP contribution in [0.2, 0.25) is 0 Å². The van der Waals surface area contributed by atoms with Crippen LogP contribution in [0, 0.1) is 17.8 Å². The second-order valence-electron chi connectivity index (χ2n) is 4.98. The second kappa shape index (κ2) is 5.38. The van der Waals surface area contributed by atoms with Crippen molar-refractivity contribution in [2.75, 3.05) is 6.61 Å². The van der Waals surface area contributed by atoms with E-state index in [4.69, 9.17) is 4.74 Å². The molecule has 1 aliphatic rings. The van der Waals surface area contributed by atoms with Crippen molar-refractivity contribution in [1.82, 2.24) is 0 Å². The van der Waals surface area contributed by atoms with E-state index in [0.29, 0.717) is 12.5 Å². The Labute approximate surface area is 87.0 Å². The zero-order valence-electron chi connectivity index (χ0n) is 9.58. The Morgan fingerprint density at radius 2 is 1.86 bits per heavy atom. The number of hydrogen-bond donors (Lipinski definition) is 0. The van der Waals surface area contributed by atoms with E-state index >= 15 is 0 Å². The summed E-state index contributed by atoms with van der Waals surface area (Å²) in [6.07, 6.45) is 4.42. The predicted octanol–water partition coefficient (Wildman–Crippen LogP) is 3.01. The molecule has 82 valence electrons. The van der Waals surface area contributed by atoms with Crippen LogP contribution in [0.25, 0.3) is 0 Å². The Bertz CT molecular complexity index is 179. The highest BCUT2D eigenvalue weighted by atomic mass is 16.5. The molecule has 0 radical (unpaired) electrons. The molecule has 0 N–H and O–H groups in total.